The fraction of sp³-hybridized carbons (Fsp3) is 0.400. The first kappa shape index (κ1) is 15.6. The summed E-state index contributed by atoms with van der Waals surface area (Å²) < 4.78 is 29.7. The first-order chi connectivity index (χ1) is 8.54. The smallest absolute Gasteiger partial charge is 0.359 e. The molecule has 0 bridgehead atoms. The van der Waals surface area contributed by atoms with Gasteiger partial charge in [0.05, 0.1) is 6.61 Å². The van der Waals surface area contributed by atoms with E-state index in [0.717, 1.165) is 6.08 Å². The highest BCUT2D eigenvalue weighted by Crippen LogP contribution is 2.32. The van der Waals surface area contributed by atoms with E-state index in [4.69, 9.17) is 4.74 Å². The Bertz CT molecular complexity index is 447. The zero-order valence-corrected chi connectivity index (χ0v) is 12.6. The predicted octanol–water partition coefficient (Wildman–Crippen LogP) is 4.34. The van der Waals surface area contributed by atoms with Crippen LogP contribution in [0.3, 0.4) is 0 Å². The number of aromatic nitrogens is 1. The molecule has 0 unspecified atom stereocenters. The lowest BCUT2D eigenvalue weighted by Gasteiger charge is -1.97. The Hall–Kier alpha value is -0.470. The number of hydrogen-bond acceptors (Lipinski definition) is 5. The van der Waals surface area contributed by atoms with Crippen molar-refractivity contribution in [2.45, 2.75) is 17.7 Å². The molecule has 0 aliphatic carbocycles. The number of allylic oxidation sites excluding steroid dienone is 1. The van der Waals surface area contributed by atoms with Crippen molar-refractivity contribution in [2.24, 2.45) is 0 Å². The van der Waals surface area contributed by atoms with Gasteiger partial charge in [0, 0.05) is 5.75 Å². The number of rotatable bonds is 6. The minimum absolute atomic E-state index is 0.233. The molecule has 0 saturated heterocycles. The van der Waals surface area contributed by atoms with Crippen molar-refractivity contribution in [3.05, 3.63) is 21.6 Å². The zero-order valence-electron chi connectivity index (χ0n) is 9.41. The van der Waals surface area contributed by atoms with E-state index in [1.807, 2.05) is 0 Å². The van der Waals surface area contributed by atoms with Gasteiger partial charge in [-0.25, -0.2) is 9.78 Å². The van der Waals surface area contributed by atoms with Crippen molar-refractivity contribution in [1.29, 1.82) is 0 Å². The Morgan fingerprint density at radius 1 is 1.61 bits per heavy atom. The molecule has 100 valence electrons. The molecular weight excluding hydrogens is 348 g/mol. The lowest BCUT2D eigenvalue weighted by molar-refractivity contribution is 0.0519. The van der Waals surface area contributed by atoms with Crippen LogP contribution >= 0.6 is 39.0 Å². The van der Waals surface area contributed by atoms with Crippen molar-refractivity contribution >= 4 is 45.0 Å². The first-order valence-corrected chi connectivity index (χ1v) is 7.61. The van der Waals surface area contributed by atoms with Gasteiger partial charge in [0.15, 0.2) is 10.0 Å². The molecule has 0 spiro atoms. The molecule has 1 rings (SSSR count). The summed E-state index contributed by atoms with van der Waals surface area (Å²) in [6, 6.07) is 0. The van der Waals surface area contributed by atoms with Crippen molar-refractivity contribution in [3.8, 4) is 0 Å². The molecule has 0 amide bonds. The van der Waals surface area contributed by atoms with Crippen LogP contribution in [0.1, 0.15) is 23.8 Å². The summed E-state index contributed by atoms with van der Waals surface area (Å²) in [5.41, 5.74) is 0.233. The summed E-state index contributed by atoms with van der Waals surface area (Å²) in [5, 5.41) is 0. The second kappa shape index (κ2) is 7.85. The number of hydrogen-bond donors (Lipinski definition) is 0. The molecule has 0 atom stereocenters. The van der Waals surface area contributed by atoms with Gasteiger partial charge in [-0.15, -0.1) is 0 Å². The van der Waals surface area contributed by atoms with Gasteiger partial charge in [-0.1, -0.05) is 23.1 Å². The Balaban J connectivity index is 2.56. The van der Waals surface area contributed by atoms with Crippen molar-refractivity contribution in [2.75, 3.05) is 12.4 Å². The van der Waals surface area contributed by atoms with E-state index in [1.54, 1.807) is 6.92 Å². The van der Waals surface area contributed by atoms with Gasteiger partial charge in [-0.3, -0.25) is 0 Å². The summed E-state index contributed by atoms with van der Waals surface area (Å²) in [7, 11) is 0. The van der Waals surface area contributed by atoms with Gasteiger partial charge in [-0.2, -0.15) is 8.78 Å². The van der Waals surface area contributed by atoms with Crippen LogP contribution < -0.4 is 0 Å². The average Bonchev–Trinajstić information content (AvgIpc) is 2.66. The molecule has 8 heteroatoms. The van der Waals surface area contributed by atoms with E-state index in [0.29, 0.717) is 13.9 Å². The maximum absolute atomic E-state index is 11.8. The number of halogens is 3. The van der Waals surface area contributed by atoms with Crippen LogP contribution in [0.15, 0.2) is 20.3 Å². The molecule has 1 aromatic rings. The second-order valence-electron chi connectivity index (χ2n) is 2.95. The number of ether oxygens (including phenoxy) is 1. The molecule has 1 heterocycles. The average molecular weight is 358 g/mol. The fourth-order valence-electron chi connectivity index (χ4n) is 0.984. The standard InChI is InChI=1S/C10H10BrF2NO2S2/c1-2-16-9(15)7-8(11)18-10(14-7)17-5-3-4-6(12)13/h4H,2-3,5H2,1H3. The molecule has 0 aliphatic heterocycles. The quantitative estimate of drug-likeness (QED) is 0.431. The minimum Gasteiger partial charge on any atom is -0.461 e. The summed E-state index contributed by atoms with van der Waals surface area (Å²) in [5.74, 6) is 0.00157. The molecule has 1 aromatic heterocycles. The molecule has 18 heavy (non-hydrogen) atoms. The van der Waals surface area contributed by atoms with Crippen molar-refractivity contribution in [1.82, 2.24) is 4.98 Å². The Kier molecular flexibility index (Phi) is 6.80. The maximum atomic E-state index is 11.8. The van der Waals surface area contributed by atoms with Gasteiger partial charge in [0.25, 0.3) is 6.08 Å². The topological polar surface area (TPSA) is 39.2 Å². The molecule has 0 saturated carbocycles. The van der Waals surface area contributed by atoms with Crippen LogP contribution in [-0.4, -0.2) is 23.3 Å². The van der Waals surface area contributed by atoms with E-state index in [9.17, 15) is 13.6 Å². The third-order valence-electron chi connectivity index (χ3n) is 1.68. The second-order valence-corrected chi connectivity index (χ2v) is 6.61. The summed E-state index contributed by atoms with van der Waals surface area (Å²) >= 11 is 5.84. The van der Waals surface area contributed by atoms with Crippen molar-refractivity contribution in [3.63, 3.8) is 0 Å². The molecular formula is C10H10BrF2NO2S2. The fourth-order valence-corrected chi connectivity index (χ4v) is 3.83. The van der Waals surface area contributed by atoms with Crippen LogP contribution in [0.5, 0.6) is 0 Å². The molecule has 0 aromatic carbocycles. The number of esters is 1. The van der Waals surface area contributed by atoms with Crippen LogP contribution in [0.2, 0.25) is 0 Å². The SMILES string of the molecule is CCOC(=O)c1nc(SCCC=C(F)F)sc1Br. The summed E-state index contributed by atoms with van der Waals surface area (Å²) in [4.78, 5) is 15.6. The normalized spacial score (nSPS) is 10.2. The third kappa shape index (κ3) is 5.03. The zero-order chi connectivity index (χ0) is 13.5. The molecule has 0 N–H and O–H groups in total. The van der Waals surface area contributed by atoms with E-state index in [2.05, 4.69) is 20.9 Å². The highest BCUT2D eigenvalue weighted by Gasteiger charge is 2.17. The first-order valence-electron chi connectivity index (χ1n) is 5.02. The Morgan fingerprint density at radius 2 is 2.33 bits per heavy atom. The van der Waals surface area contributed by atoms with E-state index >= 15 is 0 Å². The predicted molar refractivity (Wildman–Crippen MR) is 71.4 cm³/mol. The highest BCUT2D eigenvalue weighted by molar-refractivity contribution is 9.11. The lowest BCUT2D eigenvalue weighted by atomic mass is 10.5. The number of carbonyl (C=O) groups excluding carboxylic acids is 1. The van der Waals surface area contributed by atoms with Crippen LogP contribution in [0.4, 0.5) is 8.78 Å². The monoisotopic (exact) mass is 357 g/mol. The van der Waals surface area contributed by atoms with Gasteiger partial charge in [0.1, 0.15) is 3.79 Å². The third-order valence-corrected chi connectivity index (χ3v) is 4.56. The van der Waals surface area contributed by atoms with Crippen molar-refractivity contribution < 1.29 is 18.3 Å². The number of thiazole rings is 1. The Labute approximate surface area is 120 Å². The minimum atomic E-state index is -1.68. The number of nitrogens with zero attached hydrogens (tertiary/aromatic N) is 1. The number of carbonyl (C=O) groups is 1. The maximum Gasteiger partial charge on any atom is 0.359 e. The summed E-state index contributed by atoms with van der Waals surface area (Å²) in [6.07, 6.45) is -0.552. The van der Waals surface area contributed by atoms with E-state index < -0.39 is 12.0 Å². The molecule has 0 fully saturated rings. The molecule has 0 radical (unpaired) electrons. The lowest BCUT2D eigenvalue weighted by Crippen LogP contribution is -2.05. The largest absolute Gasteiger partial charge is 0.461 e. The van der Waals surface area contributed by atoms with Gasteiger partial charge in [0.2, 0.25) is 0 Å². The van der Waals surface area contributed by atoms with Gasteiger partial charge in [-0.05, 0) is 35.4 Å². The Morgan fingerprint density at radius 3 is 2.94 bits per heavy atom. The highest BCUT2D eigenvalue weighted by atomic mass is 79.9. The summed E-state index contributed by atoms with van der Waals surface area (Å²) in [6.45, 7) is 2.00. The molecule has 0 aliphatic rings. The van der Waals surface area contributed by atoms with Crippen LogP contribution in [0, 0.1) is 0 Å². The molecule has 3 nitrogen and oxygen atoms in total. The van der Waals surface area contributed by atoms with E-state index in [-0.39, 0.29) is 18.7 Å². The van der Waals surface area contributed by atoms with Gasteiger partial charge >= 0.3 is 5.97 Å². The van der Waals surface area contributed by atoms with E-state index in [1.165, 1.54) is 23.1 Å². The van der Waals surface area contributed by atoms with Crippen LogP contribution in [0.25, 0.3) is 0 Å². The van der Waals surface area contributed by atoms with Gasteiger partial charge < -0.3 is 4.74 Å². The van der Waals surface area contributed by atoms with Crippen LogP contribution in [-0.2, 0) is 4.74 Å². The number of thioether (sulfide) groups is 1.